The summed E-state index contributed by atoms with van der Waals surface area (Å²) in [6.07, 6.45) is 0.0557. The third-order valence-electron chi connectivity index (χ3n) is 3.01. The molecule has 0 heterocycles. The summed E-state index contributed by atoms with van der Waals surface area (Å²) in [5, 5.41) is 8.92. The molecule has 0 aliphatic carbocycles. The molecule has 2 rings (SSSR count). The van der Waals surface area contributed by atoms with E-state index in [1.54, 1.807) is 11.8 Å². The van der Waals surface area contributed by atoms with Gasteiger partial charge in [-0.25, -0.2) is 0 Å². The number of aliphatic carboxylic acids is 1. The summed E-state index contributed by atoms with van der Waals surface area (Å²) < 4.78 is 0. The van der Waals surface area contributed by atoms with Crippen LogP contribution in [-0.4, -0.2) is 11.1 Å². The van der Waals surface area contributed by atoms with Crippen LogP contribution in [0.3, 0.4) is 0 Å². The van der Waals surface area contributed by atoms with Crippen LogP contribution in [0, 0.1) is 6.92 Å². The van der Waals surface area contributed by atoms with Gasteiger partial charge in [0.15, 0.2) is 0 Å². The van der Waals surface area contributed by atoms with Crippen molar-refractivity contribution in [1.82, 2.24) is 0 Å². The van der Waals surface area contributed by atoms with E-state index in [4.69, 9.17) is 10.8 Å². The number of hydrogen-bond acceptors (Lipinski definition) is 3. The Hall–Kier alpha value is -1.94. The highest BCUT2D eigenvalue weighted by Crippen LogP contribution is 2.29. The maximum atomic E-state index is 10.9. The highest BCUT2D eigenvalue weighted by Gasteiger charge is 2.07. The molecule has 104 valence electrons. The normalized spacial score (nSPS) is 10.4. The molecule has 0 aliphatic heterocycles. The molecular weight excluding hydrogens is 270 g/mol. The molecular formula is C16H17NO2S. The fraction of sp³-hybridized carbons (Fsp3) is 0.188. The first-order chi connectivity index (χ1) is 9.56. The van der Waals surface area contributed by atoms with Crippen LogP contribution in [-0.2, 0) is 17.0 Å². The second-order valence-corrected chi connectivity index (χ2v) is 5.69. The van der Waals surface area contributed by atoms with Gasteiger partial charge in [-0.15, -0.1) is 11.8 Å². The zero-order valence-electron chi connectivity index (χ0n) is 11.3. The molecule has 0 atom stereocenters. The first-order valence-electron chi connectivity index (χ1n) is 6.34. The van der Waals surface area contributed by atoms with Crippen molar-refractivity contribution >= 4 is 23.4 Å². The Morgan fingerprint density at radius 3 is 2.55 bits per heavy atom. The van der Waals surface area contributed by atoms with Crippen molar-refractivity contribution < 1.29 is 9.90 Å². The van der Waals surface area contributed by atoms with Crippen LogP contribution < -0.4 is 5.73 Å². The molecule has 0 saturated heterocycles. The van der Waals surface area contributed by atoms with Crippen LogP contribution in [0.1, 0.15) is 16.7 Å². The fourth-order valence-electron chi connectivity index (χ4n) is 1.99. The van der Waals surface area contributed by atoms with Gasteiger partial charge in [-0.2, -0.15) is 0 Å². The van der Waals surface area contributed by atoms with Crippen LogP contribution in [0.5, 0.6) is 0 Å². The van der Waals surface area contributed by atoms with E-state index >= 15 is 0 Å². The lowest BCUT2D eigenvalue weighted by atomic mass is 10.1. The standard InChI is InChI=1S/C16H17NO2S/c1-11-6-7-15(14(17)8-11)20-10-13-5-3-2-4-12(13)9-16(18)19/h2-8H,9-10,17H2,1H3,(H,18,19). The summed E-state index contributed by atoms with van der Waals surface area (Å²) in [7, 11) is 0. The number of carboxylic acids is 1. The van der Waals surface area contributed by atoms with Crippen molar-refractivity contribution in [2.24, 2.45) is 0 Å². The molecule has 4 heteroatoms. The molecule has 3 N–H and O–H groups in total. The molecule has 20 heavy (non-hydrogen) atoms. The molecule has 0 spiro atoms. The molecule has 0 aliphatic rings. The van der Waals surface area contributed by atoms with E-state index in [0.717, 1.165) is 33.0 Å². The predicted octanol–water partition coefficient (Wildman–Crippen LogP) is 3.50. The van der Waals surface area contributed by atoms with Crippen LogP contribution >= 0.6 is 11.8 Å². The van der Waals surface area contributed by atoms with E-state index in [9.17, 15) is 4.79 Å². The van der Waals surface area contributed by atoms with Crippen molar-refractivity contribution in [2.75, 3.05) is 5.73 Å². The summed E-state index contributed by atoms with van der Waals surface area (Å²) in [6, 6.07) is 13.6. The van der Waals surface area contributed by atoms with Crippen LogP contribution in [0.2, 0.25) is 0 Å². The van der Waals surface area contributed by atoms with E-state index in [-0.39, 0.29) is 6.42 Å². The number of thioether (sulfide) groups is 1. The maximum Gasteiger partial charge on any atom is 0.307 e. The molecule has 0 unspecified atom stereocenters. The quantitative estimate of drug-likeness (QED) is 0.652. The van der Waals surface area contributed by atoms with Crippen molar-refractivity contribution in [1.29, 1.82) is 0 Å². The maximum absolute atomic E-state index is 10.9. The number of anilines is 1. The Morgan fingerprint density at radius 2 is 1.90 bits per heavy atom. The van der Waals surface area contributed by atoms with Crippen molar-refractivity contribution in [3.05, 3.63) is 59.2 Å². The number of nitrogens with two attached hydrogens (primary N) is 1. The van der Waals surface area contributed by atoms with E-state index < -0.39 is 5.97 Å². The lowest BCUT2D eigenvalue weighted by Gasteiger charge is -2.09. The number of nitrogen functional groups attached to an aromatic ring is 1. The van der Waals surface area contributed by atoms with Crippen LogP contribution in [0.15, 0.2) is 47.4 Å². The Bertz CT molecular complexity index is 626. The van der Waals surface area contributed by atoms with Gasteiger partial charge in [0, 0.05) is 16.3 Å². The SMILES string of the molecule is Cc1ccc(SCc2ccccc2CC(=O)O)c(N)c1. The number of benzene rings is 2. The second kappa shape index (κ2) is 6.48. The highest BCUT2D eigenvalue weighted by molar-refractivity contribution is 7.98. The van der Waals surface area contributed by atoms with Gasteiger partial charge in [-0.1, -0.05) is 30.3 Å². The minimum absolute atomic E-state index is 0.0557. The van der Waals surface area contributed by atoms with E-state index in [1.807, 2.05) is 49.4 Å². The van der Waals surface area contributed by atoms with E-state index in [2.05, 4.69) is 0 Å². The summed E-state index contributed by atoms with van der Waals surface area (Å²) in [4.78, 5) is 11.9. The summed E-state index contributed by atoms with van der Waals surface area (Å²) in [5.74, 6) is -0.0891. The highest BCUT2D eigenvalue weighted by atomic mass is 32.2. The Labute approximate surface area is 122 Å². The molecule has 0 amide bonds. The average Bonchev–Trinajstić information content (AvgIpc) is 2.39. The Morgan fingerprint density at radius 1 is 1.20 bits per heavy atom. The zero-order valence-corrected chi connectivity index (χ0v) is 12.1. The van der Waals surface area contributed by atoms with Crippen molar-refractivity contribution in [3.8, 4) is 0 Å². The minimum atomic E-state index is -0.808. The van der Waals surface area contributed by atoms with Gasteiger partial charge in [0.2, 0.25) is 0 Å². The van der Waals surface area contributed by atoms with Gasteiger partial charge in [-0.05, 0) is 35.7 Å². The van der Waals surface area contributed by atoms with Gasteiger partial charge in [-0.3, -0.25) is 4.79 Å². The zero-order chi connectivity index (χ0) is 14.5. The predicted molar refractivity (Wildman–Crippen MR) is 82.9 cm³/mol. The fourth-order valence-corrected chi connectivity index (χ4v) is 2.97. The van der Waals surface area contributed by atoms with Crippen LogP contribution in [0.4, 0.5) is 5.69 Å². The Balaban J connectivity index is 2.12. The van der Waals surface area contributed by atoms with Gasteiger partial charge in [0.05, 0.1) is 6.42 Å². The van der Waals surface area contributed by atoms with E-state index in [0.29, 0.717) is 0 Å². The van der Waals surface area contributed by atoms with Gasteiger partial charge in [0.1, 0.15) is 0 Å². The molecule has 0 saturated carbocycles. The summed E-state index contributed by atoms with van der Waals surface area (Å²) >= 11 is 1.63. The number of hydrogen-bond donors (Lipinski definition) is 2. The van der Waals surface area contributed by atoms with Gasteiger partial charge in [0.25, 0.3) is 0 Å². The molecule has 0 aromatic heterocycles. The molecule has 0 bridgehead atoms. The Kier molecular flexibility index (Phi) is 4.69. The summed E-state index contributed by atoms with van der Waals surface area (Å²) in [6.45, 7) is 2.01. The van der Waals surface area contributed by atoms with Crippen LogP contribution in [0.25, 0.3) is 0 Å². The molecule has 0 radical (unpaired) electrons. The molecule has 2 aromatic rings. The lowest BCUT2D eigenvalue weighted by Crippen LogP contribution is -2.03. The third kappa shape index (κ3) is 3.78. The number of aryl methyl sites for hydroxylation is 1. The summed E-state index contributed by atoms with van der Waals surface area (Å²) in [5.41, 5.74) is 9.80. The molecule has 0 fully saturated rings. The smallest absolute Gasteiger partial charge is 0.307 e. The monoisotopic (exact) mass is 287 g/mol. The number of rotatable bonds is 5. The third-order valence-corrected chi connectivity index (χ3v) is 4.15. The molecule has 3 nitrogen and oxygen atoms in total. The van der Waals surface area contributed by atoms with Gasteiger partial charge >= 0.3 is 5.97 Å². The minimum Gasteiger partial charge on any atom is -0.481 e. The first kappa shape index (κ1) is 14.5. The number of carboxylic acid groups (broad SMARTS) is 1. The number of carbonyl (C=O) groups is 1. The van der Waals surface area contributed by atoms with E-state index in [1.165, 1.54) is 0 Å². The van der Waals surface area contributed by atoms with Gasteiger partial charge < -0.3 is 10.8 Å². The lowest BCUT2D eigenvalue weighted by molar-refractivity contribution is -0.136. The van der Waals surface area contributed by atoms with Crippen molar-refractivity contribution in [3.63, 3.8) is 0 Å². The second-order valence-electron chi connectivity index (χ2n) is 4.67. The first-order valence-corrected chi connectivity index (χ1v) is 7.32. The average molecular weight is 287 g/mol. The topological polar surface area (TPSA) is 63.3 Å². The van der Waals surface area contributed by atoms with Crippen molar-refractivity contribution in [2.45, 2.75) is 24.0 Å². The molecule has 2 aromatic carbocycles. The largest absolute Gasteiger partial charge is 0.481 e.